The maximum atomic E-state index is 12.8. The van der Waals surface area contributed by atoms with E-state index in [4.69, 9.17) is 16.3 Å². The van der Waals surface area contributed by atoms with E-state index in [1.807, 2.05) is 12.1 Å². The normalized spacial score (nSPS) is 12.1. The molecule has 0 radical (unpaired) electrons. The number of fused-ring (bicyclic) bond motifs is 1. The molecular formula is C21H21BrClN3O2. The number of halogens is 2. The highest BCUT2D eigenvalue weighted by Gasteiger charge is 2.13. The highest BCUT2D eigenvalue weighted by molar-refractivity contribution is 9.10. The van der Waals surface area contributed by atoms with Gasteiger partial charge >= 0.3 is 0 Å². The monoisotopic (exact) mass is 461 g/mol. The molecule has 0 unspecified atom stereocenters. The van der Waals surface area contributed by atoms with E-state index >= 15 is 0 Å². The summed E-state index contributed by atoms with van der Waals surface area (Å²) < 4.78 is 7.87. The summed E-state index contributed by atoms with van der Waals surface area (Å²) in [5.74, 6) is 1.13. The van der Waals surface area contributed by atoms with Crippen molar-refractivity contribution < 1.29 is 4.74 Å². The van der Waals surface area contributed by atoms with Crippen LogP contribution in [-0.2, 0) is 0 Å². The van der Waals surface area contributed by atoms with Crippen LogP contribution in [0.25, 0.3) is 10.9 Å². The van der Waals surface area contributed by atoms with Gasteiger partial charge in [0, 0.05) is 4.47 Å². The molecule has 0 bridgehead atoms. The highest BCUT2D eigenvalue weighted by Crippen LogP contribution is 2.27. The van der Waals surface area contributed by atoms with Gasteiger partial charge in [-0.3, -0.25) is 4.79 Å². The first-order chi connectivity index (χ1) is 13.1. The van der Waals surface area contributed by atoms with Crippen LogP contribution in [0.1, 0.15) is 32.2 Å². The molecule has 7 heteroatoms. The minimum atomic E-state index is -0.226. The van der Waals surface area contributed by atoms with Gasteiger partial charge in [0.1, 0.15) is 11.6 Å². The first-order valence-corrected chi connectivity index (χ1v) is 9.97. The van der Waals surface area contributed by atoms with E-state index in [-0.39, 0.29) is 11.0 Å². The molecule has 1 heterocycles. The van der Waals surface area contributed by atoms with Crippen molar-refractivity contribution in [1.29, 1.82) is 0 Å². The van der Waals surface area contributed by atoms with Gasteiger partial charge in [0.15, 0.2) is 0 Å². The van der Waals surface area contributed by atoms with E-state index in [0.29, 0.717) is 34.1 Å². The molecule has 146 valence electrons. The molecule has 1 aromatic heterocycles. The quantitative estimate of drug-likeness (QED) is 0.486. The maximum Gasteiger partial charge on any atom is 0.282 e. The summed E-state index contributed by atoms with van der Waals surface area (Å²) in [6.45, 7) is 8.60. The van der Waals surface area contributed by atoms with Gasteiger partial charge < -0.3 is 4.74 Å². The summed E-state index contributed by atoms with van der Waals surface area (Å²) >= 11 is 9.71. The van der Waals surface area contributed by atoms with Crippen LogP contribution in [0.15, 0.2) is 50.8 Å². The van der Waals surface area contributed by atoms with Crippen molar-refractivity contribution in [2.45, 2.75) is 27.7 Å². The van der Waals surface area contributed by atoms with Gasteiger partial charge in [0.2, 0.25) is 0 Å². The van der Waals surface area contributed by atoms with Gasteiger partial charge in [-0.05, 0) is 54.3 Å². The Labute approximate surface area is 177 Å². The molecule has 0 fully saturated rings. The first-order valence-electron chi connectivity index (χ1n) is 8.80. The van der Waals surface area contributed by atoms with E-state index in [1.54, 1.807) is 37.4 Å². The van der Waals surface area contributed by atoms with Gasteiger partial charge in [-0.2, -0.15) is 9.78 Å². The fraction of sp³-hybridized carbons (Fsp3) is 0.286. The Morgan fingerprint density at radius 2 is 2.00 bits per heavy atom. The number of aryl methyl sites for hydroxylation is 1. The zero-order chi connectivity index (χ0) is 20.5. The van der Waals surface area contributed by atoms with Gasteiger partial charge in [-0.25, -0.2) is 4.98 Å². The van der Waals surface area contributed by atoms with E-state index in [1.165, 1.54) is 4.68 Å². The summed E-state index contributed by atoms with van der Waals surface area (Å²) in [4.78, 5) is 17.2. The van der Waals surface area contributed by atoms with Gasteiger partial charge in [0.25, 0.3) is 5.56 Å². The van der Waals surface area contributed by atoms with Gasteiger partial charge in [-0.1, -0.05) is 48.3 Å². The Kier molecular flexibility index (Phi) is 5.91. The van der Waals surface area contributed by atoms with Crippen LogP contribution in [0.5, 0.6) is 5.75 Å². The summed E-state index contributed by atoms with van der Waals surface area (Å²) in [6.07, 6.45) is 1.58. The zero-order valence-corrected chi connectivity index (χ0v) is 18.5. The number of rotatable bonds is 4. The van der Waals surface area contributed by atoms with Crippen LogP contribution in [0.4, 0.5) is 0 Å². The number of hydrogen-bond acceptors (Lipinski definition) is 4. The Bertz CT molecular complexity index is 1120. The van der Waals surface area contributed by atoms with E-state index in [0.717, 1.165) is 10.0 Å². The van der Waals surface area contributed by atoms with Crippen LogP contribution in [0.3, 0.4) is 0 Å². The van der Waals surface area contributed by atoms with Gasteiger partial charge in [0.05, 0.1) is 28.7 Å². The third kappa shape index (κ3) is 4.80. The van der Waals surface area contributed by atoms with Crippen molar-refractivity contribution in [3.63, 3.8) is 0 Å². The molecule has 0 spiro atoms. The highest BCUT2D eigenvalue weighted by atomic mass is 79.9. The van der Waals surface area contributed by atoms with Crippen molar-refractivity contribution in [2.24, 2.45) is 10.5 Å². The zero-order valence-electron chi connectivity index (χ0n) is 16.2. The molecule has 0 saturated carbocycles. The molecule has 0 saturated heterocycles. The number of aromatic nitrogens is 2. The van der Waals surface area contributed by atoms with Crippen LogP contribution in [0.2, 0.25) is 5.02 Å². The lowest BCUT2D eigenvalue weighted by atomic mass is 9.99. The van der Waals surface area contributed by atoms with Crippen molar-refractivity contribution >= 4 is 44.6 Å². The Balaban J connectivity index is 1.90. The van der Waals surface area contributed by atoms with Crippen molar-refractivity contribution in [2.75, 3.05) is 6.61 Å². The summed E-state index contributed by atoms with van der Waals surface area (Å²) in [5.41, 5.74) is 1.21. The molecule has 0 aliphatic carbocycles. The SMILES string of the molecule is Cc1nc2ccc(Br)cc2c(=O)n1N=Cc1ccc(OCC(C)(C)C)c(Cl)c1. The van der Waals surface area contributed by atoms with Crippen LogP contribution < -0.4 is 10.3 Å². The molecule has 2 aromatic carbocycles. The lowest BCUT2D eigenvalue weighted by Gasteiger charge is -2.19. The Morgan fingerprint density at radius 3 is 2.68 bits per heavy atom. The minimum absolute atomic E-state index is 0.0419. The molecule has 0 atom stereocenters. The average Bonchev–Trinajstić information content (AvgIpc) is 2.61. The molecule has 5 nitrogen and oxygen atoms in total. The van der Waals surface area contributed by atoms with Crippen LogP contribution in [0, 0.1) is 12.3 Å². The number of hydrogen-bond donors (Lipinski definition) is 0. The lowest BCUT2D eigenvalue weighted by Crippen LogP contribution is -2.20. The smallest absolute Gasteiger partial charge is 0.282 e. The number of nitrogens with zero attached hydrogens (tertiary/aromatic N) is 3. The third-order valence-electron chi connectivity index (χ3n) is 3.91. The minimum Gasteiger partial charge on any atom is -0.491 e. The third-order valence-corrected chi connectivity index (χ3v) is 4.70. The second-order valence-electron chi connectivity index (χ2n) is 7.72. The second-order valence-corrected chi connectivity index (χ2v) is 9.04. The molecule has 0 N–H and O–H groups in total. The van der Waals surface area contributed by atoms with Gasteiger partial charge in [-0.15, -0.1) is 0 Å². The largest absolute Gasteiger partial charge is 0.491 e. The fourth-order valence-electron chi connectivity index (χ4n) is 2.53. The summed E-state index contributed by atoms with van der Waals surface area (Å²) in [5, 5.41) is 5.31. The van der Waals surface area contributed by atoms with E-state index < -0.39 is 0 Å². The topological polar surface area (TPSA) is 56.5 Å². The Morgan fingerprint density at radius 1 is 1.25 bits per heavy atom. The van der Waals surface area contributed by atoms with Crippen LogP contribution >= 0.6 is 27.5 Å². The van der Waals surface area contributed by atoms with Crippen molar-refractivity contribution in [1.82, 2.24) is 9.66 Å². The fourth-order valence-corrected chi connectivity index (χ4v) is 3.13. The van der Waals surface area contributed by atoms with Crippen molar-refractivity contribution in [3.05, 3.63) is 67.6 Å². The predicted molar refractivity (Wildman–Crippen MR) is 118 cm³/mol. The molecule has 3 aromatic rings. The summed E-state index contributed by atoms with van der Waals surface area (Å²) in [7, 11) is 0. The molecule has 28 heavy (non-hydrogen) atoms. The Hall–Kier alpha value is -2.18. The molecule has 0 amide bonds. The standard InChI is InChI=1S/C21H21BrClN3O2/c1-13-25-18-7-6-15(22)10-16(18)20(27)26(13)24-11-14-5-8-19(17(23)9-14)28-12-21(2,3)4/h5-11H,12H2,1-4H3. The van der Waals surface area contributed by atoms with Crippen LogP contribution in [-0.4, -0.2) is 22.5 Å². The molecule has 0 aliphatic heterocycles. The maximum absolute atomic E-state index is 12.8. The average molecular weight is 463 g/mol. The number of ether oxygens (including phenoxy) is 1. The molecule has 3 rings (SSSR count). The predicted octanol–water partition coefficient (Wildman–Crippen LogP) is 5.43. The molecule has 0 aliphatic rings. The summed E-state index contributed by atoms with van der Waals surface area (Å²) in [6, 6.07) is 10.8. The first kappa shape index (κ1) is 20.6. The number of benzene rings is 2. The molecular weight excluding hydrogens is 442 g/mol. The lowest BCUT2D eigenvalue weighted by molar-refractivity contribution is 0.198. The second kappa shape index (κ2) is 8.05. The van der Waals surface area contributed by atoms with E-state index in [9.17, 15) is 4.79 Å². The van der Waals surface area contributed by atoms with Crippen molar-refractivity contribution in [3.8, 4) is 5.75 Å². The van der Waals surface area contributed by atoms with E-state index in [2.05, 4.69) is 46.8 Å².